The van der Waals surface area contributed by atoms with E-state index in [2.05, 4.69) is 9.97 Å². The summed E-state index contributed by atoms with van der Waals surface area (Å²) in [6, 6.07) is 11.4. The number of hydrogen-bond donors (Lipinski definition) is 0. The molecule has 0 aliphatic carbocycles. The van der Waals surface area contributed by atoms with Gasteiger partial charge in [0, 0.05) is 18.0 Å². The second-order valence-electron chi connectivity index (χ2n) is 6.67. The first-order chi connectivity index (χ1) is 13.5. The third-order valence-corrected chi connectivity index (χ3v) is 8.28. The van der Waals surface area contributed by atoms with E-state index in [1.165, 1.54) is 29.4 Å². The average Bonchev–Trinajstić information content (AvgIpc) is 3.31. The maximum Gasteiger partial charge on any atom is 0.233 e. The van der Waals surface area contributed by atoms with E-state index in [4.69, 9.17) is 0 Å². The van der Waals surface area contributed by atoms with Crippen molar-refractivity contribution in [3.8, 4) is 0 Å². The summed E-state index contributed by atoms with van der Waals surface area (Å²) in [5.41, 5.74) is 0.993. The Morgan fingerprint density at radius 3 is 2.79 bits per heavy atom. The van der Waals surface area contributed by atoms with Gasteiger partial charge in [-0.3, -0.25) is 4.79 Å². The highest BCUT2D eigenvalue weighted by Gasteiger charge is 2.34. The van der Waals surface area contributed by atoms with E-state index < -0.39 is 9.84 Å². The van der Waals surface area contributed by atoms with Crippen LogP contribution < -0.4 is 0 Å². The van der Waals surface area contributed by atoms with E-state index >= 15 is 0 Å². The first-order valence-electron chi connectivity index (χ1n) is 8.87. The number of fused-ring (bicyclic) bond motifs is 1. The van der Waals surface area contributed by atoms with Gasteiger partial charge in [-0.1, -0.05) is 42.1 Å². The van der Waals surface area contributed by atoms with Crippen molar-refractivity contribution < 1.29 is 13.2 Å². The van der Waals surface area contributed by atoms with Gasteiger partial charge in [0.05, 0.1) is 17.3 Å². The lowest BCUT2D eigenvalue weighted by atomic mass is 10.1. The minimum absolute atomic E-state index is 0.0402. The summed E-state index contributed by atoms with van der Waals surface area (Å²) in [5.74, 6) is 0.326. The van der Waals surface area contributed by atoms with Gasteiger partial charge >= 0.3 is 0 Å². The maximum absolute atomic E-state index is 13.1. The number of nitrogens with zero attached hydrogens (tertiary/aromatic N) is 3. The van der Waals surface area contributed by atoms with E-state index in [0.717, 1.165) is 20.8 Å². The van der Waals surface area contributed by atoms with Crippen LogP contribution in [0.3, 0.4) is 0 Å². The summed E-state index contributed by atoms with van der Waals surface area (Å²) in [6.07, 6.45) is 2.00. The van der Waals surface area contributed by atoms with Gasteiger partial charge in [-0.25, -0.2) is 18.4 Å². The molecule has 9 heteroatoms. The number of sulfone groups is 1. The molecule has 1 unspecified atom stereocenters. The molecule has 1 aromatic carbocycles. The Hall–Kier alpha value is -1.97. The first kappa shape index (κ1) is 19.4. The number of carbonyl (C=O) groups is 1. The van der Waals surface area contributed by atoms with Crippen LogP contribution in [0.4, 0.5) is 0 Å². The summed E-state index contributed by atoms with van der Waals surface area (Å²) in [7, 11) is -3.07. The van der Waals surface area contributed by atoms with Crippen LogP contribution in [0.5, 0.6) is 0 Å². The van der Waals surface area contributed by atoms with Gasteiger partial charge in [-0.15, -0.1) is 11.3 Å². The normalized spacial score (nSPS) is 18.4. The highest BCUT2D eigenvalue weighted by Crippen LogP contribution is 2.28. The Morgan fingerprint density at radius 2 is 2.04 bits per heavy atom. The molecule has 2 aromatic heterocycles. The molecule has 4 rings (SSSR count). The minimum Gasteiger partial charge on any atom is -0.334 e. The maximum atomic E-state index is 13.1. The zero-order chi connectivity index (χ0) is 19.6. The van der Waals surface area contributed by atoms with E-state index in [9.17, 15) is 13.2 Å². The molecule has 0 bridgehead atoms. The van der Waals surface area contributed by atoms with Crippen LogP contribution in [-0.4, -0.2) is 52.5 Å². The van der Waals surface area contributed by atoms with E-state index in [1.54, 1.807) is 4.90 Å². The van der Waals surface area contributed by atoms with Crippen LogP contribution in [0.25, 0.3) is 10.2 Å². The van der Waals surface area contributed by atoms with E-state index in [-0.39, 0.29) is 29.2 Å². The molecule has 0 saturated carbocycles. The summed E-state index contributed by atoms with van der Waals surface area (Å²) in [6.45, 7) is 0.415. The van der Waals surface area contributed by atoms with Crippen molar-refractivity contribution in [1.29, 1.82) is 0 Å². The number of thioether (sulfide) groups is 1. The number of thiophene rings is 1. The standard InChI is InChI=1S/C19H19N3O3S3/c23-17(11-27-19-16-6-8-26-18(16)20-13-21-19)22(10-14-4-2-1-3-5-14)15-7-9-28(24,25)12-15/h1-6,8,13,15H,7,9-12H2. The molecule has 0 spiro atoms. The Morgan fingerprint density at radius 1 is 1.21 bits per heavy atom. The summed E-state index contributed by atoms with van der Waals surface area (Å²) < 4.78 is 23.9. The number of amides is 1. The summed E-state index contributed by atoms with van der Waals surface area (Å²) in [4.78, 5) is 24.2. The molecule has 3 aromatic rings. The van der Waals surface area contributed by atoms with Gasteiger partial charge in [-0.2, -0.15) is 0 Å². The summed E-state index contributed by atoms with van der Waals surface area (Å²) in [5, 5.41) is 3.68. The largest absolute Gasteiger partial charge is 0.334 e. The van der Waals surface area contributed by atoms with Gasteiger partial charge < -0.3 is 4.90 Å². The SMILES string of the molecule is O=C(CSc1ncnc2sccc12)N(Cc1ccccc1)C1CCS(=O)(=O)C1. The van der Waals surface area contributed by atoms with Crippen LogP contribution >= 0.6 is 23.1 Å². The Labute approximate surface area is 171 Å². The number of carbonyl (C=O) groups excluding carboxylic acids is 1. The highest BCUT2D eigenvalue weighted by atomic mass is 32.2. The molecule has 1 atom stereocenters. The lowest BCUT2D eigenvalue weighted by molar-refractivity contribution is -0.130. The monoisotopic (exact) mass is 433 g/mol. The molecule has 146 valence electrons. The quantitative estimate of drug-likeness (QED) is 0.439. The number of rotatable bonds is 6. The lowest BCUT2D eigenvalue weighted by Gasteiger charge is -2.28. The van der Waals surface area contributed by atoms with Crippen molar-refractivity contribution in [2.45, 2.75) is 24.0 Å². The second-order valence-corrected chi connectivity index (χ2v) is 10.8. The summed E-state index contributed by atoms with van der Waals surface area (Å²) >= 11 is 2.91. The van der Waals surface area contributed by atoms with Gasteiger partial charge in [0.15, 0.2) is 9.84 Å². The third-order valence-electron chi connectivity index (χ3n) is 4.72. The first-order valence-corrected chi connectivity index (χ1v) is 12.6. The molecule has 1 fully saturated rings. The minimum atomic E-state index is -3.07. The van der Waals surface area contributed by atoms with Crippen LogP contribution in [0.1, 0.15) is 12.0 Å². The number of benzene rings is 1. The van der Waals surface area contributed by atoms with Crippen molar-refractivity contribution >= 4 is 49.1 Å². The van der Waals surface area contributed by atoms with Crippen LogP contribution in [0, 0.1) is 0 Å². The molecular formula is C19H19N3O3S3. The fraction of sp³-hybridized carbons (Fsp3) is 0.316. The predicted octanol–water partition coefficient (Wildman–Crippen LogP) is 3.00. The van der Waals surface area contributed by atoms with Gasteiger partial charge in [0.25, 0.3) is 0 Å². The highest BCUT2D eigenvalue weighted by molar-refractivity contribution is 8.00. The molecule has 6 nitrogen and oxygen atoms in total. The molecule has 0 radical (unpaired) electrons. The van der Waals surface area contributed by atoms with Crippen molar-refractivity contribution in [3.05, 3.63) is 53.7 Å². The molecule has 1 aliphatic heterocycles. The van der Waals surface area contributed by atoms with Gasteiger partial charge in [-0.05, 0) is 23.4 Å². The van der Waals surface area contributed by atoms with E-state index in [0.29, 0.717) is 13.0 Å². The lowest BCUT2D eigenvalue weighted by Crippen LogP contribution is -2.41. The smallest absolute Gasteiger partial charge is 0.233 e. The Kier molecular flexibility index (Phi) is 5.65. The Bertz CT molecular complexity index is 1080. The average molecular weight is 434 g/mol. The molecule has 28 heavy (non-hydrogen) atoms. The topological polar surface area (TPSA) is 80.2 Å². The van der Waals surface area contributed by atoms with Crippen LogP contribution in [0.15, 0.2) is 53.1 Å². The fourth-order valence-electron chi connectivity index (χ4n) is 3.32. The molecule has 0 N–H and O–H groups in total. The number of hydrogen-bond acceptors (Lipinski definition) is 7. The third kappa shape index (κ3) is 4.37. The van der Waals surface area contributed by atoms with Crippen LogP contribution in [-0.2, 0) is 21.2 Å². The van der Waals surface area contributed by atoms with Crippen molar-refractivity contribution in [2.75, 3.05) is 17.3 Å². The zero-order valence-electron chi connectivity index (χ0n) is 15.0. The van der Waals surface area contributed by atoms with E-state index in [1.807, 2.05) is 41.8 Å². The predicted molar refractivity (Wildman–Crippen MR) is 112 cm³/mol. The van der Waals surface area contributed by atoms with Crippen LogP contribution in [0.2, 0.25) is 0 Å². The second kappa shape index (κ2) is 8.18. The fourth-order valence-corrected chi connectivity index (χ4v) is 6.71. The number of aromatic nitrogens is 2. The zero-order valence-corrected chi connectivity index (χ0v) is 17.5. The molecule has 1 saturated heterocycles. The van der Waals surface area contributed by atoms with Crippen molar-refractivity contribution in [3.63, 3.8) is 0 Å². The van der Waals surface area contributed by atoms with Crippen molar-refractivity contribution in [2.24, 2.45) is 0 Å². The van der Waals surface area contributed by atoms with Gasteiger partial charge in [0.2, 0.25) is 5.91 Å². The molecule has 3 heterocycles. The van der Waals surface area contributed by atoms with Gasteiger partial charge in [0.1, 0.15) is 16.2 Å². The molecule has 1 aliphatic rings. The molecule has 1 amide bonds. The van der Waals surface area contributed by atoms with Crippen molar-refractivity contribution in [1.82, 2.24) is 14.9 Å². The molecular weight excluding hydrogens is 414 g/mol. The Balaban J connectivity index is 1.52.